The fourth-order valence-electron chi connectivity index (χ4n) is 4.18. The van der Waals surface area contributed by atoms with Crippen molar-refractivity contribution in [2.24, 2.45) is 5.92 Å². The number of anilines is 1. The Balaban J connectivity index is 1.43. The number of halogens is 1. The van der Waals surface area contributed by atoms with E-state index in [1.807, 2.05) is 6.07 Å². The molecule has 0 fully saturated rings. The summed E-state index contributed by atoms with van der Waals surface area (Å²) in [5.74, 6) is -0.136. The predicted molar refractivity (Wildman–Crippen MR) is 127 cm³/mol. The number of aromatic nitrogens is 1. The first kappa shape index (κ1) is 23.5. The van der Waals surface area contributed by atoms with E-state index in [2.05, 4.69) is 24.1 Å². The Morgan fingerprint density at radius 2 is 1.94 bits per heavy atom. The van der Waals surface area contributed by atoms with Crippen LogP contribution in [0.25, 0.3) is 0 Å². The molecule has 1 unspecified atom stereocenters. The SMILES string of the molecule is CC(C)C1c2nc(NC(=O)Cc3ccc(S(C)(=O)=O)cc3)sc2CN1Cc1cccc(F)c1. The van der Waals surface area contributed by atoms with Crippen LogP contribution in [0.1, 0.15) is 41.6 Å². The third-order valence-corrected chi connectivity index (χ3v) is 7.72. The number of benzene rings is 2. The van der Waals surface area contributed by atoms with Crippen LogP contribution in [0.3, 0.4) is 0 Å². The summed E-state index contributed by atoms with van der Waals surface area (Å²) in [6, 6.07) is 13.1. The molecular formula is C24H26FN3O3S2. The van der Waals surface area contributed by atoms with Crippen molar-refractivity contribution >= 4 is 32.2 Å². The molecule has 1 N–H and O–H groups in total. The lowest BCUT2D eigenvalue weighted by Crippen LogP contribution is -2.26. The second-order valence-corrected chi connectivity index (χ2v) is 11.8. The summed E-state index contributed by atoms with van der Waals surface area (Å²) in [6.45, 7) is 5.61. The summed E-state index contributed by atoms with van der Waals surface area (Å²) in [6.07, 6.45) is 1.29. The summed E-state index contributed by atoms with van der Waals surface area (Å²) in [5, 5.41) is 3.44. The number of carbonyl (C=O) groups is 1. The Labute approximate surface area is 197 Å². The maximum Gasteiger partial charge on any atom is 0.230 e. The third kappa shape index (κ3) is 5.48. The lowest BCUT2D eigenvalue weighted by Gasteiger charge is -2.27. The van der Waals surface area contributed by atoms with Gasteiger partial charge in [-0.3, -0.25) is 9.69 Å². The first-order valence-electron chi connectivity index (χ1n) is 10.7. The highest BCUT2D eigenvalue weighted by Gasteiger charge is 2.36. The lowest BCUT2D eigenvalue weighted by molar-refractivity contribution is -0.115. The van der Waals surface area contributed by atoms with Crippen molar-refractivity contribution in [3.63, 3.8) is 0 Å². The number of hydrogen-bond acceptors (Lipinski definition) is 6. The normalized spacial score (nSPS) is 16.2. The second-order valence-electron chi connectivity index (χ2n) is 8.69. The van der Waals surface area contributed by atoms with Gasteiger partial charge in [-0.05, 0) is 41.3 Å². The molecule has 0 aliphatic carbocycles. The number of amides is 1. The highest BCUT2D eigenvalue weighted by atomic mass is 32.2. The fourth-order valence-corrected chi connectivity index (χ4v) is 5.86. The second kappa shape index (κ2) is 9.32. The van der Waals surface area contributed by atoms with Crippen LogP contribution in [0, 0.1) is 11.7 Å². The van der Waals surface area contributed by atoms with E-state index in [-0.39, 0.29) is 29.1 Å². The molecule has 1 atom stereocenters. The van der Waals surface area contributed by atoms with Crippen LogP contribution >= 0.6 is 11.3 Å². The minimum atomic E-state index is -3.27. The fraction of sp³-hybridized carbons (Fsp3) is 0.333. The van der Waals surface area contributed by atoms with Crippen LogP contribution < -0.4 is 5.32 Å². The van der Waals surface area contributed by atoms with E-state index in [1.54, 1.807) is 24.3 Å². The highest BCUT2D eigenvalue weighted by molar-refractivity contribution is 7.90. The molecule has 0 saturated carbocycles. The van der Waals surface area contributed by atoms with Crippen molar-refractivity contribution in [2.45, 2.75) is 44.3 Å². The molecule has 1 aromatic heterocycles. The number of sulfone groups is 1. The maximum absolute atomic E-state index is 13.6. The number of rotatable bonds is 7. The molecule has 2 aromatic carbocycles. The van der Waals surface area contributed by atoms with Gasteiger partial charge in [0.2, 0.25) is 5.91 Å². The van der Waals surface area contributed by atoms with Crippen LogP contribution in [0.5, 0.6) is 0 Å². The molecule has 0 bridgehead atoms. The lowest BCUT2D eigenvalue weighted by atomic mass is 10.0. The van der Waals surface area contributed by atoms with E-state index in [4.69, 9.17) is 4.98 Å². The quantitative estimate of drug-likeness (QED) is 0.528. The smallest absolute Gasteiger partial charge is 0.230 e. The Hall–Kier alpha value is -2.62. The zero-order chi connectivity index (χ0) is 23.8. The number of carbonyl (C=O) groups excluding carboxylic acids is 1. The van der Waals surface area contributed by atoms with E-state index in [0.29, 0.717) is 24.1 Å². The van der Waals surface area contributed by atoms with Crippen molar-refractivity contribution in [1.82, 2.24) is 9.88 Å². The van der Waals surface area contributed by atoms with Crippen LogP contribution in [-0.4, -0.2) is 30.5 Å². The Bertz CT molecular complexity index is 1270. The predicted octanol–water partition coefficient (Wildman–Crippen LogP) is 4.58. The number of nitrogens with zero attached hydrogens (tertiary/aromatic N) is 2. The molecular weight excluding hydrogens is 461 g/mol. The molecule has 1 amide bonds. The largest absolute Gasteiger partial charge is 0.302 e. The van der Waals surface area contributed by atoms with Gasteiger partial charge in [-0.15, -0.1) is 11.3 Å². The average molecular weight is 488 g/mol. The zero-order valence-electron chi connectivity index (χ0n) is 18.7. The molecule has 6 nitrogen and oxygen atoms in total. The Morgan fingerprint density at radius 3 is 2.58 bits per heavy atom. The molecule has 33 heavy (non-hydrogen) atoms. The van der Waals surface area contributed by atoms with Gasteiger partial charge in [-0.1, -0.05) is 38.1 Å². The first-order chi connectivity index (χ1) is 15.6. The number of nitrogens with one attached hydrogen (secondary N) is 1. The van der Waals surface area contributed by atoms with Gasteiger partial charge in [0, 0.05) is 24.2 Å². The zero-order valence-corrected chi connectivity index (χ0v) is 20.3. The minimum Gasteiger partial charge on any atom is -0.302 e. The monoisotopic (exact) mass is 487 g/mol. The summed E-state index contributed by atoms with van der Waals surface area (Å²) < 4.78 is 36.8. The molecule has 9 heteroatoms. The molecule has 1 aliphatic rings. The van der Waals surface area contributed by atoms with Crippen LogP contribution in [-0.2, 0) is 34.1 Å². The first-order valence-corrected chi connectivity index (χ1v) is 13.4. The molecule has 1 aliphatic heterocycles. The molecule has 0 radical (unpaired) electrons. The molecule has 174 valence electrons. The van der Waals surface area contributed by atoms with E-state index >= 15 is 0 Å². The van der Waals surface area contributed by atoms with Gasteiger partial charge in [-0.2, -0.15) is 0 Å². The van der Waals surface area contributed by atoms with E-state index in [0.717, 1.165) is 28.0 Å². The van der Waals surface area contributed by atoms with Gasteiger partial charge in [-0.25, -0.2) is 17.8 Å². The highest BCUT2D eigenvalue weighted by Crippen LogP contribution is 2.43. The van der Waals surface area contributed by atoms with Crippen molar-refractivity contribution in [3.8, 4) is 0 Å². The van der Waals surface area contributed by atoms with Gasteiger partial charge in [0.25, 0.3) is 0 Å². The summed E-state index contributed by atoms with van der Waals surface area (Å²) >= 11 is 1.47. The minimum absolute atomic E-state index is 0.0914. The molecule has 0 spiro atoms. The maximum atomic E-state index is 13.6. The molecule has 3 aromatic rings. The van der Waals surface area contributed by atoms with Crippen molar-refractivity contribution in [2.75, 3.05) is 11.6 Å². The van der Waals surface area contributed by atoms with Crippen LogP contribution in [0.2, 0.25) is 0 Å². The van der Waals surface area contributed by atoms with Gasteiger partial charge in [0.05, 0.1) is 23.1 Å². The molecule has 0 saturated heterocycles. The molecule has 2 heterocycles. The van der Waals surface area contributed by atoms with Gasteiger partial charge in [0.1, 0.15) is 5.82 Å². The van der Waals surface area contributed by atoms with Crippen LogP contribution in [0.4, 0.5) is 9.52 Å². The standard InChI is InChI=1S/C24H26FN3O3S2/c1-15(2)23-22-20(14-28(23)13-17-5-4-6-18(25)11-17)32-24(27-22)26-21(29)12-16-7-9-19(10-8-16)33(3,30)31/h4-11,15,23H,12-14H2,1-3H3,(H,26,27,29). The number of hydrogen-bond donors (Lipinski definition) is 1. The molecule has 4 rings (SSSR count). The van der Waals surface area contributed by atoms with Crippen molar-refractivity contribution in [3.05, 3.63) is 76.0 Å². The van der Waals surface area contributed by atoms with Gasteiger partial charge < -0.3 is 5.32 Å². The van der Waals surface area contributed by atoms with Gasteiger partial charge >= 0.3 is 0 Å². The summed E-state index contributed by atoms with van der Waals surface area (Å²) in [4.78, 5) is 20.9. The van der Waals surface area contributed by atoms with E-state index in [1.165, 1.54) is 29.5 Å². The summed E-state index contributed by atoms with van der Waals surface area (Å²) in [5.41, 5.74) is 2.62. The average Bonchev–Trinajstić information content (AvgIpc) is 3.23. The topological polar surface area (TPSA) is 79.4 Å². The van der Waals surface area contributed by atoms with Gasteiger partial charge in [0.15, 0.2) is 15.0 Å². The summed E-state index contributed by atoms with van der Waals surface area (Å²) in [7, 11) is -3.27. The van der Waals surface area contributed by atoms with Crippen molar-refractivity contribution < 1.29 is 17.6 Å². The van der Waals surface area contributed by atoms with E-state index < -0.39 is 9.84 Å². The Morgan fingerprint density at radius 1 is 1.21 bits per heavy atom. The van der Waals surface area contributed by atoms with Crippen LogP contribution in [0.15, 0.2) is 53.4 Å². The number of fused-ring (bicyclic) bond motifs is 1. The Kier molecular flexibility index (Phi) is 6.65. The third-order valence-electron chi connectivity index (χ3n) is 5.62. The van der Waals surface area contributed by atoms with Crippen molar-refractivity contribution in [1.29, 1.82) is 0 Å². The number of thiazole rings is 1. The van der Waals surface area contributed by atoms with E-state index in [9.17, 15) is 17.6 Å².